The van der Waals surface area contributed by atoms with Crippen LogP contribution in [0.15, 0.2) is 24.8 Å². The first-order chi connectivity index (χ1) is 12.1. The van der Waals surface area contributed by atoms with Crippen LogP contribution in [0.2, 0.25) is 0 Å². The van der Waals surface area contributed by atoms with E-state index in [1.54, 1.807) is 13.0 Å². The van der Waals surface area contributed by atoms with Crippen LogP contribution >= 0.6 is 0 Å². The Morgan fingerprint density at radius 1 is 0.960 bits per heavy atom. The number of benzene rings is 1. The molecule has 0 bridgehead atoms. The quantitative estimate of drug-likeness (QED) is 0.475. The number of aryl methyl sites for hydroxylation is 1. The number of rotatable bonds is 5. The van der Waals surface area contributed by atoms with Gasteiger partial charge in [-0.25, -0.2) is 8.78 Å². The van der Waals surface area contributed by atoms with Gasteiger partial charge in [0, 0.05) is 2.85 Å². The van der Waals surface area contributed by atoms with Gasteiger partial charge in [0.2, 0.25) is 0 Å². The lowest BCUT2D eigenvalue weighted by atomic mass is 9.68. The van der Waals surface area contributed by atoms with Gasteiger partial charge in [-0.15, -0.1) is 6.58 Å². The average Bonchev–Trinajstić information content (AvgIpc) is 2.65. The number of hydrogen-bond donors (Lipinski definition) is 0. The van der Waals surface area contributed by atoms with Gasteiger partial charge in [0.1, 0.15) is 0 Å². The van der Waals surface area contributed by atoms with Gasteiger partial charge in [0.05, 0.1) is 0 Å². The Labute approximate surface area is 154 Å². The summed E-state index contributed by atoms with van der Waals surface area (Å²) in [6.07, 6.45) is 14.4. The van der Waals surface area contributed by atoms with Gasteiger partial charge in [-0.3, -0.25) is 0 Å². The zero-order chi connectivity index (χ0) is 17.8. The van der Waals surface area contributed by atoms with Crippen LogP contribution in [0.3, 0.4) is 0 Å². The van der Waals surface area contributed by atoms with Crippen LogP contribution in [-0.4, -0.2) is 0 Å². The molecule has 2 saturated carbocycles. The lowest BCUT2D eigenvalue weighted by molar-refractivity contribution is 0.156. The molecule has 1 aromatic rings. The third kappa shape index (κ3) is 4.33. The lowest BCUT2D eigenvalue weighted by Crippen LogP contribution is -2.25. The van der Waals surface area contributed by atoms with Crippen molar-refractivity contribution in [1.82, 2.24) is 0 Å². The van der Waals surface area contributed by atoms with E-state index in [4.69, 9.17) is 0 Å². The second kappa shape index (κ2) is 8.47. The van der Waals surface area contributed by atoms with Crippen LogP contribution in [0.4, 0.5) is 8.78 Å². The average molecular weight is 351 g/mol. The molecule has 0 radical (unpaired) electrons. The maximum atomic E-state index is 14.3. The van der Waals surface area contributed by atoms with E-state index in [1.807, 2.05) is 12.1 Å². The molecule has 3 rings (SSSR count). The lowest BCUT2D eigenvalue weighted by Gasteiger charge is -2.38. The molecule has 2 heteroatoms. The summed E-state index contributed by atoms with van der Waals surface area (Å²) < 4.78 is 28.1. The van der Waals surface area contributed by atoms with Crippen molar-refractivity contribution in [3.8, 4) is 0 Å². The highest BCUT2D eigenvalue weighted by Crippen LogP contribution is 2.45. The zero-order valence-electron chi connectivity index (χ0n) is 15.6. The summed E-state index contributed by atoms with van der Waals surface area (Å²) in [6, 6.07) is 3.54. The Morgan fingerprint density at radius 3 is 2.16 bits per heavy atom. The van der Waals surface area contributed by atoms with Crippen molar-refractivity contribution in [3.05, 3.63) is 47.5 Å². The van der Waals surface area contributed by atoms with Crippen molar-refractivity contribution in [1.29, 1.82) is 0 Å². The van der Waals surface area contributed by atoms with Gasteiger partial charge in [-0.05, 0) is 93.1 Å². The minimum atomic E-state index is -0.655. The molecule has 0 spiro atoms. The smallest absolute Gasteiger partial charge is 0.162 e. The first-order valence-corrected chi connectivity index (χ1v) is 10.2. The highest BCUT2D eigenvalue weighted by Gasteiger charge is 2.32. The molecule has 0 aliphatic heterocycles. The molecular weight excluding hydrogens is 314 g/mol. The topological polar surface area (TPSA) is 0 Å². The molecule has 0 amide bonds. The maximum absolute atomic E-state index is 14.3. The highest BCUT2D eigenvalue weighted by molar-refractivity contribution is 5.28. The monoisotopic (exact) mass is 350 g/mol. The van der Waals surface area contributed by atoms with E-state index in [-0.39, 0.29) is 8.77 Å². The maximum Gasteiger partial charge on any atom is 0.162 e. The third-order valence-electron chi connectivity index (χ3n) is 6.85. The van der Waals surface area contributed by atoms with E-state index in [1.165, 1.54) is 44.9 Å². The minimum absolute atomic E-state index is 0. The van der Waals surface area contributed by atoms with Gasteiger partial charge >= 0.3 is 0 Å². The van der Waals surface area contributed by atoms with Gasteiger partial charge < -0.3 is 0 Å². The molecule has 2 aliphatic rings. The predicted molar refractivity (Wildman–Crippen MR) is 105 cm³/mol. The number of halogens is 2. The Bertz CT molecular complexity index is 586. The molecule has 1 aromatic carbocycles. The summed E-state index contributed by atoms with van der Waals surface area (Å²) in [5, 5.41) is 0. The van der Waals surface area contributed by atoms with E-state index in [0.29, 0.717) is 11.1 Å². The summed E-state index contributed by atoms with van der Waals surface area (Å²) in [5.74, 6) is 1.50. The van der Waals surface area contributed by atoms with Gasteiger partial charge in [-0.1, -0.05) is 31.1 Å². The molecule has 0 aromatic heterocycles. The standard InChI is InChI=1S/C23H32F2.2H2/c1-3-4-5-17-7-9-18(10-8-17)19-11-13-20(14-12-19)21-15-6-16(2)22(24)23(21)25;;/h3,6,15,17-20H,1,4-5,7-14H2,2H3;2*1H. The van der Waals surface area contributed by atoms with Crippen molar-refractivity contribution >= 4 is 0 Å². The zero-order valence-corrected chi connectivity index (χ0v) is 15.6. The summed E-state index contributed by atoms with van der Waals surface area (Å²) in [5.41, 5.74) is 1.01. The van der Waals surface area contributed by atoms with E-state index < -0.39 is 11.6 Å². The largest absolute Gasteiger partial charge is 0.203 e. The Kier molecular flexibility index (Phi) is 6.30. The van der Waals surface area contributed by atoms with Crippen molar-refractivity contribution < 1.29 is 11.6 Å². The molecule has 0 unspecified atom stereocenters. The second-order valence-corrected chi connectivity index (χ2v) is 8.36. The molecule has 2 aliphatic carbocycles. The molecule has 142 valence electrons. The van der Waals surface area contributed by atoms with Crippen LogP contribution < -0.4 is 0 Å². The van der Waals surface area contributed by atoms with E-state index >= 15 is 0 Å². The Hall–Kier alpha value is -1.18. The van der Waals surface area contributed by atoms with Crippen LogP contribution in [-0.2, 0) is 0 Å². The Morgan fingerprint density at radius 2 is 1.56 bits per heavy atom. The van der Waals surface area contributed by atoms with Gasteiger partial charge in [0.15, 0.2) is 11.6 Å². The fourth-order valence-corrected chi connectivity index (χ4v) is 5.18. The van der Waals surface area contributed by atoms with Crippen molar-refractivity contribution in [2.45, 2.75) is 77.0 Å². The SMILES string of the molecule is C=CCCC1CCC(C2CCC(c3ccc(C)c(F)c3F)CC2)CC1.[HH].[HH]. The molecule has 0 saturated heterocycles. The molecule has 0 nitrogen and oxygen atoms in total. The van der Waals surface area contributed by atoms with Crippen LogP contribution in [0, 0.1) is 36.3 Å². The van der Waals surface area contributed by atoms with Crippen LogP contribution in [0.1, 0.15) is 84.1 Å². The van der Waals surface area contributed by atoms with Crippen LogP contribution in [0.5, 0.6) is 0 Å². The summed E-state index contributed by atoms with van der Waals surface area (Å²) in [4.78, 5) is 0. The first kappa shape index (κ1) is 18.6. The molecule has 0 atom stereocenters. The van der Waals surface area contributed by atoms with E-state index in [0.717, 1.165) is 37.0 Å². The fraction of sp³-hybridized carbons (Fsp3) is 0.652. The fourth-order valence-electron chi connectivity index (χ4n) is 5.18. The summed E-state index contributed by atoms with van der Waals surface area (Å²) in [7, 11) is 0. The summed E-state index contributed by atoms with van der Waals surface area (Å²) >= 11 is 0. The van der Waals surface area contributed by atoms with Crippen molar-refractivity contribution in [2.75, 3.05) is 0 Å². The normalized spacial score (nSPS) is 30.2. The third-order valence-corrected chi connectivity index (χ3v) is 6.85. The van der Waals surface area contributed by atoms with Crippen LogP contribution in [0.25, 0.3) is 0 Å². The van der Waals surface area contributed by atoms with Gasteiger partial charge in [0.25, 0.3) is 0 Å². The molecular formula is C23H36F2. The predicted octanol–water partition coefficient (Wildman–Crippen LogP) is 7.81. The second-order valence-electron chi connectivity index (χ2n) is 8.36. The molecule has 25 heavy (non-hydrogen) atoms. The molecule has 0 N–H and O–H groups in total. The first-order valence-electron chi connectivity index (χ1n) is 10.2. The number of allylic oxidation sites excluding steroid dienone is 1. The van der Waals surface area contributed by atoms with Crippen molar-refractivity contribution in [2.24, 2.45) is 17.8 Å². The van der Waals surface area contributed by atoms with E-state index in [9.17, 15) is 8.78 Å². The Balaban J connectivity index is 0.00000182. The molecule has 2 fully saturated rings. The van der Waals surface area contributed by atoms with Gasteiger partial charge in [-0.2, -0.15) is 0 Å². The molecule has 0 heterocycles. The minimum Gasteiger partial charge on any atom is -0.203 e. The van der Waals surface area contributed by atoms with Crippen molar-refractivity contribution in [3.63, 3.8) is 0 Å². The highest BCUT2D eigenvalue weighted by atomic mass is 19.2. The number of hydrogen-bond acceptors (Lipinski definition) is 0. The van der Waals surface area contributed by atoms with E-state index in [2.05, 4.69) is 6.58 Å². The summed E-state index contributed by atoms with van der Waals surface area (Å²) in [6.45, 7) is 5.46.